The van der Waals surface area contributed by atoms with Gasteiger partial charge in [0.25, 0.3) is 5.69 Å². The third kappa shape index (κ3) is 1.92. The lowest BCUT2D eigenvalue weighted by atomic mass is 10.0. The number of ether oxygens (including phenoxy) is 1. The van der Waals surface area contributed by atoms with E-state index < -0.39 is 11.0 Å². The summed E-state index contributed by atoms with van der Waals surface area (Å²) in [5.41, 5.74) is 0.500. The summed E-state index contributed by atoms with van der Waals surface area (Å²) in [6, 6.07) is 4.31. The Kier molecular flexibility index (Phi) is 2.55. The van der Waals surface area contributed by atoms with Crippen molar-refractivity contribution in [3.05, 3.63) is 33.9 Å². The number of nitro groups is 1. The van der Waals surface area contributed by atoms with E-state index in [9.17, 15) is 15.2 Å². The van der Waals surface area contributed by atoms with Crippen molar-refractivity contribution < 1.29 is 14.8 Å². The normalized spacial score (nSPS) is 19.9. The summed E-state index contributed by atoms with van der Waals surface area (Å²) in [6.45, 7) is 0.544. The molecule has 0 amide bonds. The Bertz CT molecular complexity index is 391. The van der Waals surface area contributed by atoms with Crippen LogP contribution in [0.4, 0.5) is 5.69 Å². The molecule has 5 nitrogen and oxygen atoms in total. The summed E-state index contributed by atoms with van der Waals surface area (Å²) in [5, 5.41) is 20.3. The second-order valence-corrected chi connectivity index (χ2v) is 3.49. The quantitative estimate of drug-likeness (QED) is 0.565. The predicted molar refractivity (Wildman–Crippen MR) is 52.8 cm³/mol. The Balaban J connectivity index is 2.44. The molecular weight excluding hydrogens is 198 g/mol. The topological polar surface area (TPSA) is 72.6 Å². The SMILES string of the molecule is O=[N+]([O-])c1ccc2c(c1)C(O)CCCO2. The maximum Gasteiger partial charge on any atom is 0.270 e. The molecule has 0 aliphatic carbocycles. The molecule has 0 saturated carbocycles. The van der Waals surface area contributed by atoms with Gasteiger partial charge in [0.15, 0.2) is 0 Å². The van der Waals surface area contributed by atoms with Crippen molar-refractivity contribution in [3.8, 4) is 5.75 Å². The molecule has 1 N–H and O–H groups in total. The molecule has 0 fully saturated rings. The molecule has 2 rings (SSSR count). The highest BCUT2D eigenvalue weighted by Crippen LogP contribution is 2.33. The summed E-state index contributed by atoms with van der Waals surface area (Å²) in [4.78, 5) is 10.1. The highest BCUT2D eigenvalue weighted by molar-refractivity contribution is 5.45. The molecule has 5 heteroatoms. The molecule has 1 aliphatic rings. The number of hydrogen-bond acceptors (Lipinski definition) is 4. The first-order chi connectivity index (χ1) is 7.18. The number of benzene rings is 1. The van der Waals surface area contributed by atoms with E-state index >= 15 is 0 Å². The third-order valence-corrected chi connectivity index (χ3v) is 2.44. The van der Waals surface area contributed by atoms with Crippen LogP contribution in [0.3, 0.4) is 0 Å². The van der Waals surface area contributed by atoms with E-state index in [1.54, 1.807) is 6.07 Å². The van der Waals surface area contributed by atoms with Gasteiger partial charge in [-0.05, 0) is 18.9 Å². The van der Waals surface area contributed by atoms with Crippen LogP contribution in [0.15, 0.2) is 18.2 Å². The highest BCUT2D eigenvalue weighted by Gasteiger charge is 2.20. The predicted octanol–water partition coefficient (Wildman–Crippen LogP) is 1.80. The lowest BCUT2D eigenvalue weighted by Gasteiger charge is -2.09. The van der Waals surface area contributed by atoms with Crippen LogP contribution in [0.25, 0.3) is 0 Å². The average Bonchev–Trinajstić information content (AvgIpc) is 2.40. The fourth-order valence-corrected chi connectivity index (χ4v) is 1.66. The molecule has 0 saturated heterocycles. The maximum atomic E-state index is 10.6. The van der Waals surface area contributed by atoms with Crippen LogP contribution >= 0.6 is 0 Å². The minimum atomic E-state index is -0.664. The van der Waals surface area contributed by atoms with Gasteiger partial charge < -0.3 is 9.84 Å². The first-order valence-corrected chi connectivity index (χ1v) is 4.77. The zero-order valence-electron chi connectivity index (χ0n) is 8.05. The number of non-ortho nitro benzene ring substituents is 1. The van der Waals surface area contributed by atoms with Crippen LogP contribution in [0, 0.1) is 10.1 Å². The fourth-order valence-electron chi connectivity index (χ4n) is 1.66. The van der Waals surface area contributed by atoms with E-state index in [1.807, 2.05) is 0 Å². The first kappa shape index (κ1) is 9.92. The van der Waals surface area contributed by atoms with Gasteiger partial charge in [0.05, 0.1) is 17.6 Å². The third-order valence-electron chi connectivity index (χ3n) is 2.44. The molecule has 80 valence electrons. The molecule has 1 aromatic rings. The van der Waals surface area contributed by atoms with Gasteiger partial charge in [-0.25, -0.2) is 0 Å². The summed E-state index contributed by atoms with van der Waals surface area (Å²) in [6.07, 6.45) is 0.667. The van der Waals surface area contributed by atoms with Crippen molar-refractivity contribution in [2.24, 2.45) is 0 Å². The molecule has 1 heterocycles. The number of aliphatic hydroxyl groups excluding tert-OH is 1. The van der Waals surface area contributed by atoms with E-state index in [-0.39, 0.29) is 5.69 Å². The van der Waals surface area contributed by atoms with Crippen molar-refractivity contribution in [1.29, 1.82) is 0 Å². The van der Waals surface area contributed by atoms with Gasteiger partial charge in [0.1, 0.15) is 5.75 Å². The Hall–Kier alpha value is -1.62. The molecule has 0 bridgehead atoms. The van der Waals surface area contributed by atoms with Crippen LogP contribution in [0.1, 0.15) is 24.5 Å². The molecule has 0 spiro atoms. The highest BCUT2D eigenvalue weighted by atomic mass is 16.6. The molecule has 1 unspecified atom stereocenters. The van der Waals surface area contributed by atoms with Gasteiger partial charge >= 0.3 is 0 Å². The van der Waals surface area contributed by atoms with Crippen LogP contribution in [-0.2, 0) is 0 Å². The molecule has 0 aromatic heterocycles. The maximum absolute atomic E-state index is 10.6. The molecule has 15 heavy (non-hydrogen) atoms. The zero-order valence-corrected chi connectivity index (χ0v) is 8.05. The largest absolute Gasteiger partial charge is 0.493 e. The number of fused-ring (bicyclic) bond motifs is 1. The van der Waals surface area contributed by atoms with Crippen molar-refractivity contribution >= 4 is 5.69 Å². The molecule has 1 aromatic carbocycles. The number of aliphatic hydroxyl groups is 1. The van der Waals surface area contributed by atoms with E-state index in [1.165, 1.54) is 12.1 Å². The summed E-state index contributed by atoms with van der Waals surface area (Å²) in [7, 11) is 0. The van der Waals surface area contributed by atoms with E-state index in [0.717, 1.165) is 6.42 Å². The van der Waals surface area contributed by atoms with Crippen LogP contribution in [0.2, 0.25) is 0 Å². The summed E-state index contributed by atoms with van der Waals surface area (Å²) in [5.74, 6) is 0.547. The van der Waals surface area contributed by atoms with Gasteiger partial charge in [0, 0.05) is 17.7 Å². The minimum absolute atomic E-state index is 0.0155. The average molecular weight is 209 g/mol. The Labute approximate surface area is 86.4 Å². The zero-order chi connectivity index (χ0) is 10.8. The van der Waals surface area contributed by atoms with Crippen LogP contribution < -0.4 is 4.74 Å². The number of nitro benzene ring substituents is 1. The van der Waals surface area contributed by atoms with Crippen molar-refractivity contribution in [1.82, 2.24) is 0 Å². The van der Waals surface area contributed by atoms with Gasteiger partial charge in [-0.2, -0.15) is 0 Å². The smallest absolute Gasteiger partial charge is 0.270 e. The Morgan fingerprint density at radius 3 is 3.07 bits per heavy atom. The van der Waals surface area contributed by atoms with E-state index in [0.29, 0.717) is 24.3 Å². The Morgan fingerprint density at radius 1 is 1.53 bits per heavy atom. The molecule has 1 aliphatic heterocycles. The number of nitrogens with zero attached hydrogens (tertiary/aromatic N) is 1. The molecule has 1 atom stereocenters. The van der Waals surface area contributed by atoms with Crippen molar-refractivity contribution in [3.63, 3.8) is 0 Å². The van der Waals surface area contributed by atoms with Crippen molar-refractivity contribution in [2.75, 3.05) is 6.61 Å². The van der Waals surface area contributed by atoms with E-state index in [4.69, 9.17) is 4.74 Å². The summed E-state index contributed by atoms with van der Waals surface area (Å²) >= 11 is 0. The second-order valence-electron chi connectivity index (χ2n) is 3.49. The van der Waals surface area contributed by atoms with Crippen LogP contribution in [-0.4, -0.2) is 16.6 Å². The fraction of sp³-hybridized carbons (Fsp3) is 0.400. The standard InChI is InChI=1S/C10H11NO4/c12-9-2-1-5-15-10-4-3-7(11(13)14)6-8(9)10/h3-4,6,9,12H,1-2,5H2. The van der Waals surface area contributed by atoms with Gasteiger partial charge in [0.2, 0.25) is 0 Å². The second kappa shape index (κ2) is 3.86. The van der Waals surface area contributed by atoms with Gasteiger partial charge in [-0.1, -0.05) is 0 Å². The number of rotatable bonds is 1. The van der Waals surface area contributed by atoms with Gasteiger partial charge in [-0.15, -0.1) is 0 Å². The van der Waals surface area contributed by atoms with E-state index in [2.05, 4.69) is 0 Å². The molecular formula is C10H11NO4. The monoisotopic (exact) mass is 209 g/mol. The molecule has 0 radical (unpaired) electrons. The Morgan fingerprint density at radius 2 is 2.33 bits per heavy atom. The van der Waals surface area contributed by atoms with Gasteiger partial charge in [-0.3, -0.25) is 10.1 Å². The minimum Gasteiger partial charge on any atom is -0.493 e. The summed E-state index contributed by atoms with van der Waals surface area (Å²) < 4.78 is 5.37. The first-order valence-electron chi connectivity index (χ1n) is 4.77. The van der Waals surface area contributed by atoms with Crippen molar-refractivity contribution in [2.45, 2.75) is 18.9 Å². The number of hydrogen-bond donors (Lipinski definition) is 1. The lowest BCUT2D eigenvalue weighted by molar-refractivity contribution is -0.385. The van der Waals surface area contributed by atoms with Crippen LogP contribution in [0.5, 0.6) is 5.75 Å². The lowest BCUT2D eigenvalue weighted by Crippen LogP contribution is -1.98.